The molecule has 1 radical (unpaired) electrons. The zero-order valence-corrected chi connectivity index (χ0v) is 35.2. The molecule has 0 unspecified atom stereocenters. The van der Waals surface area contributed by atoms with Gasteiger partial charge in [0.15, 0.2) is 0 Å². The lowest BCUT2D eigenvalue weighted by Crippen LogP contribution is -2.84. The van der Waals surface area contributed by atoms with Gasteiger partial charge in [0.1, 0.15) is 0 Å². The van der Waals surface area contributed by atoms with Gasteiger partial charge >= 0.3 is 35.0 Å². The number of hydrogen-bond acceptors (Lipinski definition) is 4. The van der Waals surface area contributed by atoms with Crippen molar-refractivity contribution < 1.29 is 16.5 Å². The molecule has 11 heteroatoms. The van der Waals surface area contributed by atoms with Crippen LogP contribution < -0.4 is 36.3 Å². The van der Waals surface area contributed by atoms with E-state index in [4.69, 9.17) is 51.3 Å². The Bertz CT molecular complexity index is 2070. The Balaban J connectivity index is 1.54. The molecule has 54 heavy (non-hydrogen) atoms. The van der Waals surface area contributed by atoms with E-state index >= 15 is 0 Å². The summed E-state index contributed by atoms with van der Waals surface area (Å²) in [5.41, 5.74) is 0.479. The first-order valence-electron chi connectivity index (χ1n) is 17.5. The molecule has 1 heterocycles. The average Bonchev–Trinajstić information content (AvgIpc) is 3.23. The first-order chi connectivity index (χ1) is 26.3. The van der Waals surface area contributed by atoms with Crippen molar-refractivity contribution in [1.82, 2.24) is 0 Å². The molecule has 0 saturated carbocycles. The molecule has 7 aromatic carbocycles. The molecule has 8 rings (SSSR count). The minimum atomic E-state index is -3.89. The van der Waals surface area contributed by atoms with Crippen molar-refractivity contribution >= 4 is 106 Å². The lowest BCUT2D eigenvalue weighted by molar-refractivity contribution is 0.278. The van der Waals surface area contributed by atoms with Crippen LogP contribution in [0.3, 0.4) is 0 Å². The second-order valence-corrected chi connectivity index (χ2v) is 26.6. The Morgan fingerprint density at radius 2 is 0.593 bits per heavy atom. The molecule has 1 saturated heterocycles. The number of rotatable bonds is 7. The number of hydrogen-bond donors (Lipinski definition) is 0. The third kappa shape index (κ3) is 7.05. The molecule has 4 nitrogen and oxygen atoms in total. The predicted octanol–water partition coefficient (Wildman–Crippen LogP) is 6.06. The van der Waals surface area contributed by atoms with Crippen LogP contribution in [0.15, 0.2) is 206 Å². The summed E-state index contributed by atoms with van der Waals surface area (Å²) in [5, 5.41) is 6.10. The molecular formula is C43H34Cl3O4Si4. The minimum Gasteiger partial charge on any atom is -0.404 e. The molecule has 267 valence electrons. The van der Waals surface area contributed by atoms with Gasteiger partial charge in [-0.15, -0.1) is 0 Å². The zero-order chi connectivity index (χ0) is 37.1. The van der Waals surface area contributed by atoms with E-state index < -0.39 is 38.8 Å². The maximum atomic E-state index is 8.20. The monoisotopic (exact) mass is 831 g/mol. The fourth-order valence-corrected chi connectivity index (χ4v) is 27.2. The third-order valence-corrected chi connectivity index (χ3v) is 25.9. The van der Waals surface area contributed by atoms with Gasteiger partial charge in [0.05, 0.1) is 0 Å². The molecule has 0 aliphatic carbocycles. The Hall–Kier alpha value is -3.88. The summed E-state index contributed by atoms with van der Waals surface area (Å²) >= 11 is 20.3. The molecule has 0 bridgehead atoms. The molecule has 0 atom stereocenters. The maximum absolute atomic E-state index is 8.20. The summed E-state index contributed by atoms with van der Waals surface area (Å²) in [5.74, 6) is 0. The van der Waals surface area contributed by atoms with Gasteiger partial charge in [-0.3, -0.25) is 0 Å². The first kappa shape index (κ1) is 37.1. The van der Waals surface area contributed by atoms with Crippen LogP contribution in [0.25, 0.3) is 0 Å². The van der Waals surface area contributed by atoms with Gasteiger partial charge in [0.2, 0.25) is 3.79 Å². The van der Waals surface area contributed by atoms with Gasteiger partial charge in [-0.2, -0.15) is 0 Å². The molecule has 1 aliphatic heterocycles. The van der Waals surface area contributed by atoms with Crippen molar-refractivity contribution in [1.29, 1.82) is 0 Å². The van der Waals surface area contributed by atoms with Gasteiger partial charge in [0.25, 0.3) is 0 Å². The van der Waals surface area contributed by atoms with Crippen LogP contribution in [0.4, 0.5) is 0 Å². The van der Waals surface area contributed by atoms with Crippen molar-refractivity contribution in [3.05, 3.63) is 212 Å². The fourth-order valence-electron chi connectivity index (χ4n) is 6.92. The highest BCUT2D eigenvalue weighted by Crippen LogP contribution is 2.38. The summed E-state index contributed by atoms with van der Waals surface area (Å²) in [6.45, 7) is 0. The zero-order valence-electron chi connectivity index (χ0n) is 28.9. The summed E-state index contributed by atoms with van der Waals surface area (Å²) in [4.78, 5) is 0. The summed E-state index contributed by atoms with van der Waals surface area (Å²) in [6, 6.07) is 68.9. The highest BCUT2D eigenvalue weighted by atomic mass is 35.6. The normalized spacial score (nSPS) is 16.9. The predicted molar refractivity (Wildman–Crippen MR) is 229 cm³/mol. The number of alkyl halides is 3. The lowest BCUT2D eigenvalue weighted by Gasteiger charge is -2.50. The molecule has 1 fully saturated rings. The number of halogens is 3. The van der Waals surface area contributed by atoms with Gasteiger partial charge < -0.3 is 16.5 Å². The van der Waals surface area contributed by atoms with E-state index in [1.807, 2.05) is 133 Å². The van der Waals surface area contributed by atoms with Gasteiger partial charge in [-0.1, -0.05) is 241 Å². The van der Waals surface area contributed by atoms with Gasteiger partial charge in [-0.25, -0.2) is 0 Å². The fraction of sp³-hybridized carbons (Fsp3) is 0.0233. The standard InChI is InChI=1S/C43H34Cl3O4Si4/c44-43(45,46)41-33-19-20-34-42(41)51-47-52(35-21-7-1-8-22-35,36-23-9-2-10-24-36)49-54(39-29-15-5-16-30-39,40-31-17-6-18-32-40)50-53(48-51,37-25-11-3-12-26-37)38-27-13-4-14-28-38/h1-34H. The van der Waals surface area contributed by atoms with E-state index in [2.05, 4.69) is 72.8 Å². The van der Waals surface area contributed by atoms with E-state index in [0.717, 1.165) is 31.1 Å². The third-order valence-electron chi connectivity index (χ3n) is 9.42. The molecule has 0 N–H and O–H groups in total. The first-order valence-corrected chi connectivity index (χ1v) is 25.4. The number of benzene rings is 7. The largest absolute Gasteiger partial charge is 0.406 e. The van der Waals surface area contributed by atoms with Crippen molar-refractivity contribution in [2.24, 2.45) is 0 Å². The molecule has 1 aliphatic rings. The summed E-state index contributed by atoms with van der Waals surface area (Å²) in [6.07, 6.45) is 0. The quantitative estimate of drug-likeness (QED) is 0.145. The minimum absolute atomic E-state index is 0.479. The van der Waals surface area contributed by atoms with E-state index in [1.165, 1.54) is 0 Å². The van der Waals surface area contributed by atoms with Crippen LogP contribution in [-0.4, -0.2) is 35.0 Å². The molecule has 0 spiro atoms. The van der Waals surface area contributed by atoms with Crippen molar-refractivity contribution in [3.8, 4) is 0 Å². The van der Waals surface area contributed by atoms with Crippen molar-refractivity contribution in [2.45, 2.75) is 3.79 Å². The Morgan fingerprint density at radius 1 is 0.333 bits per heavy atom. The van der Waals surface area contributed by atoms with E-state index in [9.17, 15) is 0 Å². The highest BCUT2D eigenvalue weighted by molar-refractivity contribution is 7.12. The average molecular weight is 833 g/mol. The van der Waals surface area contributed by atoms with Gasteiger partial charge in [-0.05, 0) is 31.1 Å². The van der Waals surface area contributed by atoms with Crippen LogP contribution >= 0.6 is 34.8 Å². The highest BCUT2D eigenvalue weighted by Gasteiger charge is 2.64. The van der Waals surface area contributed by atoms with Crippen LogP contribution in [0, 0.1) is 0 Å². The van der Waals surface area contributed by atoms with Crippen molar-refractivity contribution in [3.63, 3.8) is 0 Å². The Kier molecular flexibility index (Phi) is 10.8. The van der Waals surface area contributed by atoms with E-state index in [1.54, 1.807) is 0 Å². The second kappa shape index (κ2) is 15.7. The Labute approximate surface area is 336 Å². The Morgan fingerprint density at radius 3 is 0.889 bits per heavy atom. The summed E-state index contributed by atoms with van der Waals surface area (Å²) < 4.78 is 30.4. The van der Waals surface area contributed by atoms with Crippen LogP contribution in [0.5, 0.6) is 0 Å². The van der Waals surface area contributed by atoms with Gasteiger partial charge in [0, 0.05) is 10.8 Å². The van der Waals surface area contributed by atoms with E-state index in [-0.39, 0.29) is 0 Å². The van der Waals surface area contributed by atoms with Crippen molar-refractivity contribution in [2.75, 3.05) is 0 Å². The SMILES string of the molecule is ClC(Cl)(Cl)c1ccccc1[Si]1O[Si](c2ccccc2)(c2ccccc2)O[Si](c2ccccc2)(c2ccccc2)O[Si](c2ccccc2)(c2ccccc2)O1. The smallest absolute Gasteiger partial charge is 0.404 e. The molecule has 7 aromatic rings. The molecular weight excluding hydrogens is 799 g/mol. The molecule has 0 aromatic heterocycles. The van der Waals surface area contributed by atoms with Crippen LogP contribution in [0.1, 0.15) is 5.56 Å². The second-order valence-electron chi connectivity index (χ2n) is 12.8. The topological polar surface area (TPSA) is 36.9 Å². The van der Waals surface area contributed by atoms with Crippen LogP contribution in [-0.2, 0) is 20.3 Å². The van der Waals surface area contributed by atoms with E-state index in [0.29, 0.717) is 10.8 Å². The maximum Gasteiger partial charge on any atom is 0.406 e. The lowest BCUT2D eigenvalue weighted by atomic mass is 10.2. The summed E-state index contributed by atoms with van der Waals surface area (Å²) in [7, 11) is -14.3. The van der Waals surface area contributed by atoms with Crippen LogP contribution in [0.2, 0.25) is 0 Å². The molecule has 0 amide bonds.